The summed E-state index contributed by atoms with van der Waals surface area (Å²) in [6.07, 6.45) is 4.16. The van der Waals surface area contributed by atoms with Crippen LogP contribution in [0.25, 0.3) is 11.1 Å². The van der Waals surface area contributed by atoms with Crippen molar-refractivity contribution in [2.45, 2.75) is 25.4 Å². The van der Waals surface area contributed by atoms with Gasteiger partial charge in [-0.05, 0) is 56.7 Å². The first-order valence-electron chi connectivity index (χ1n) is 12.5. The molecule has 4 rings (SSSR count). The molecule has 1 aliphatic heterocycles. The Balaban J connectivity index is 1.34. The van der Waals surface area contributed by atoms with Crippen molar-refractivity contribution in [1.82, 2.24) is 25.3 Å². The van der Waals surface area contributed by atoms with Crippen LogP contribution in [0.3, 0.4) is 0 Å². The number of benzene rings is 2. The lowest BCUT2D eigenvalue weighted by molar-refractivity contribution is 0.0827. The molecule has 0 unspecified atom stereocenters. The van der Waals surface area contributed by atoms with Gasteiger partial charge in [-0.15, -0.1) is 0 Å². The molecule has 7 heteroatoms. The number of piperidine rings is 1. The standard InChI is InChI=1S/C28H37N5O2/c1-32(2)15-13-29-28(34)24-11-6-10-23(18-24)26-19-30-31-27(26)25-12-7-14-33(20-25)16-17-35-21-22-8-4-3-5-9-22/h3-6,8-11,18-19,25H,7,12-17,20-21H2,1-2H3,(H,29,34)(H,30,31)/t25-/m0/s1. The summed E-state index contributed by atoms with van der Waals surface area (Å²) in [7, 11) is 3.99. The van der Waals surface area contributed by atoms with Crippen molar-refractivity contribution in [1.29, 1.82) is 0 Å². The maximum atomic E-state index is 12.6. The van der Waals surface area contributed by atoms with Crippen molar-refractivity contribution in [2.24, 2.45) is 0 Å². The Kier molecular flexibility index (Phi) is 9.06. The predicted molar refractivity (Wildman–Crippen MR) is 139 cm³/mol. The summed E-state index contributed by atoms with van der Waals surface area (Å²) in [5.74, 6) is 0.339. The van der Waals surface area contributed by atoms with Gasteiger partial charge in [-0.2, -0.15) is 5.10 Å². The third kappa shape index (κ3) is 7.24. The van der Waals surface area contributed by atoms with Crippen LogP contribution in [0.4, 0.5) is 0 Å². The molecule has 0 radical (unpaired) electrons. The molecule has 7 nitrogen and oxygen atoms in total. The van der Waals surface area contributed by atoms with E-state index in [1.807, 2.05) is 56.7 Å². The quantitative estimate of drug-likeness (QED) is 0.413. The molecule has 2 heterocycles. The molecule has 1 aromatic heterocycles. The number of nitrogens with zero attached hydrogens (tertiary/aromatic N) is 3. The molecule has 2 aromatic carbocycles. The molecule has 1 atom stereocenters. The highest BCUT2D eigenvalue weighted by Gasteiger charge is 2.25. The molecule has 2 N–H and O–H groups in total. The molecule has 186 valence electrons. The van der Waals surface area contributed by atoms with Gasteiger partial charge in [-0.3, -0.25) is 9.89 Å². The van der Waals surface area contributed by atoms with Crippen LogP contribution in [0.1, 0.15) is 40.4 Å². The molecular formula is C28H37N5O2. The third-order valence-electron chi connectivity index (χ3n) is 6.53. The Bertz CT molecular complexity index is 1070. The molecule has 0 spiro atoms. The maximum absolute atomic E-state index is 12.6. The van der Waals surface area contributed by atoms with Crippen molar-refractivity contribution in [3.63, 3.8) is 0 Å². The van der Waals surface area contributed by atoms with Gasteiger partial charge in [0.25, 0.3) is 5.91 Å². The van der Waals surface area contributed by atoms with E-state index in [1.54, 1.807) is 0 Å². The Hall–Kier alpha value is -3.00. The fourth-order valence-electron chi connectivity index (χ4n) is 4.61. The van der Waals surface area contributed by atoms with Gasteiger partial charge in [0.2, 0.25) is 0 Å². The van der Waals surface area contributed by atoms with Crippen molar-refractivity contribution < 1.29 is 9.53 Å². The normalized spacial score (nSPS) is 16.5. The van der Waals surface area contributed by atoms with Gasteiger partial charge in [-0.25, -0.2) is 0 Å². The number of hydrogen-bond acceptors (Lipinski definition) is 5. The van der Waals surface area contributed by atoms with Crippen molar-refractivity contribution in [2.75, 3.05) is 53.4 Å². The van der Waals surface area contributed by atoms with E-state index in [1.165, 1.54) is 5.56 Å². The molecule has 1 fully saturated rings. The number of carbonyl (C=O) groups is 1. The van der Waals surface area contributed by atoms with Crippen LogP contribution >= 0.6 is 0 Å². The number of ether oxygens (including phenoxy) is 1. The van der Waals surface area contributed by atoms with Crippen LogP contribution in [0.2, 0.25) is 0 Å². The second-order valence-corrected chi connectivity index (χ2v) is 9.52. The Labute approximate surface area is 208 Å². The Morgan fingerprint density at radius 1 is 1.20 bits per heavy atom. The number of likely N-dealkylation sites (N-methyl/N-ethyl adjacent to an activating group) is 1. The summed E-state index contributed by atoms with van der Waals surface area (Å²) < 4.78 is 5.92. The van der Waals surface area contributed by atoms with E-state index in [0.29, 0.717) is 24.6 Å². The largest absolute Gasteiger partial charge is 0.375 e. The number of amides is 1. The highest BCUT2D eigenvalue weighted by molar-refractivity contribution is 5.95. The topological polar surface area (TPSA) is 73.5 Å². The van der Waals surface area contributed by atoms with Crippen LogP contribution in [0, 0.1) is 0 Å². The van der Waals surface area contributed by atoms with Gasteiger partial charge >= 0.3 is 0 Å². The summed E-state index contributed by atoms with van der Waals surface area (Å²) in [5.41, 5.74) is 5.15. The summed E-state index contributed by atoms with van der Waals surface area (Å²) in [6, 6.07) is 18.2. The minimum Gasteiger partial charge on any atom is -0.375 e. The summed E-state index contributed by atoms with van der Waals surface area (Å²) in [6.45, 7) is 5.82. The van der Waals surface area contributed by atoms with E-state index in [0.717, 1.165) is 62.4 Å². The number of H-pyrrole nitrogens is 1. The van der Waals surface area contributed by atoms with E-state index in [4.69, 9.17) is 4.74 Å². The zero-order chi connectivity index (χ0) is 24.5. The molecule has 1 aliphatic rings. The van der Waals surface area contributed by atoms with Gasteiger partial charge in [0, 0.05) is 48.9 Å². The Morgan fingerprint density at radius 2 is 2.06 bits per heavy atom. The summed E-state index contributed by atoms with van der Waals surface area (Å²) in [5, 5.41) is 10.6. The number of rotatable bonds is 11. The average Bonchev–Trinajstić information content (AvgIpc) is 3.37. The summed E-state index contributed by atoms with van der Waals surface area (Å²) in [4.78, 5) is 17.2. The number of hydrogen-bond donors (Lipinski definition) is 2. The number of aromatic nitrogens is 2. The van der Waals surface area contributed by atoms with E-state index >= 15 is 0 Å². The lowest BCUT2D eigenvalue weighted by atomic mass is 9.90. The SMILES string of the molecule is CN(C)CCNC(=O)c1cccc(-c2cn[nH]c2[C@H]2CCCN(CCOCc3ccccc3)C2)c1. The number of likely N-dealkylation sites (tertiary alicyclic amines) is 1. The first-order valence-corrected chi connectivity index (χ1v) is 12.5. The van der Waals surface area contributed by atoms with Gasteiger partial charge in [0.1, 0.15) is 0 Å². The van der Waals surface area contributed by atoms with Crippen LogP contribution in [0.15, 0.2) is 60.8 Å². The van der Waals surface area contributed by atoms with E-state index in [2.05, 4.69) is 43.5 Å². The van der Waals surface area contributed by atoms with Crippen LogP contribution in [-0.4, -0.2) is 79.3 Å². The van der Waals surface area contributed by atoms with Crippen LogP contribution in [-0.2, 0) is 11.3 Å². The number of aromatic amines is 1. The highest BCUT2D eigenvalue weighted by Crippen LogP contribution is 2.33. The molecule has 0 aliphatic carbocycles. The first-order chi connectivity index (χ1) is 17.1. The van der Waals surface area contributed by atoms with Crippen molar-refractivity contribution >= 4 is 5.91 Å². The van der Waals surface area contributed by atoms with Gasteiger partial charge in [0.05, 0.1) is 19.4 Å². The van der Waals surface area contributed by atoms with E-state index in [9.17, 15) is 4.79 Å². The highest BCUT2D eigenvalue weighted by atomic mass is 16.5. The zero-order valence-corrected chi connectivity index (χ0v) is 20.9. The zero-order valence-electron chi connectivity index (χ0n) is 20.9. The van der Waals surface area contributed by atoms with Gasteiger partial charge in [0.15, 0.2) is 0 Å². The smallest absolute Gasteiger partial charge is 0.251 e. The van der Waals surface area contributed by atoms with E-state index < -0.39 is 0 Å². The van der Waals surface area contributed by atoms with Gasteiger partial charge in [-0.1, -0.05) is 42.5 Å². The fraction of sp³-hybridized carbons (Fsp3) is 0.429. The molecule has 0 bridgehead atoms. The fourth-order valence-corrected chi connectivity index (χ4v) is 4.61. The first kappa shape index (κ1) is 25.1. The molecule has 3 aromatic rings. The molecule has 1 saturated heterocycles. The lowest BCUT2D eigenvalue weighted by Crippen LogP contribution is -2.36. The molecular weight excluding hydrogens is 438 g/mol. The second kappa shape index (κ2) is 12.6. The second-order valence-electron chi connectivity index (χ2n) is 9.52. The monoisotopic (exact) mass is 475 g/mol. The third-order valence-corrected chi connectivity index (χ3v) is 6.53. The number of carbonyl (C=O) groups excluding carboxylic acids is 1. The van der Waals surface area contributed by atoms with Gasteiger partial charge < -0.3 is 19.9 Å². The average molecular weight is 476 g/mol. The molecule has 0 saturated carbocycles. The summed E-state index contributed by atoms with van der Waals surface area (Å²) >= 11 is 0. The minimum absolute atomic E-state index is 0.0434. The number of nitrogens with one attached hydrogen (secondary N) is 2. The Morgan fingerprint density at radius 3 is 2.89 bits per heavy atom. The van der Waals surface area contributed by atoms with Crippen molar-refractivity contribution in [3.05, 3.63) is 77.6 Å². The minimum atomic E-state index is -0.0434. The molecule has 1 amide bonds. The van der Waals surface area contributed by atoms with E-state index in [-0.39, 0.29) is 5.91 Å². The van der Waals surface area contributed by atoms with Crippen molar-refractivity contribution in [3.8, 4) is 11.1 Å². The van der Waals surface area contributed by atoms with Crippen LogP contribution in [0.5, 0.6) is 0 Å². The predicted octanol–water partition coefficient (Wildman–Crippen LogP) is 3.76. The molecule has 35 heavy (non-hydrogen) atoms. The van der Waals surface area contributed by atoms with Crippen LogP contribution < -0.4 is 5.32 Å². The maximum Gasteiger partial charge on any atom is 0.251 e. The lowest BCUT2D eigenvalue weighted by Gasteiger charge is -2.32.